The third-order valence-electron chi connectivity index (χ3n) is 4.19. The van der Waals surface area contributed by atoms with Crippen LogP contribution in [-0.4, -0.2) is 54.8 Å². The van der Waals surface area contributed by atoms with Gasteiger partial charge in [0.15, 0.2) is 0 Å². The van der Waals surface area contributed by atoms with Gasteiger partial charge in [-0.05, 0) is 43.4 Å². The van der Waals surface area contributed by atoms with Crippen molar-refractivity contribution in [2.45, 2.75) is 6.54 Å². The Hall–Kier alpha value is -2.60. The third kappa shape index (κ3) is 3.83. The minimum Gasteiger partial charge on any atom is -0.467 e. The molecule has 3 rings (SSSR count). The van der Waals surface area contributed by atoms with Crippen LogP contribution in [0.5, 0.6) is 0 Å². The van der Waals surface area contributed by atoms with Crippen LogP contribution in [0.15, 0.2) is 47.1 Å². The highest BCUT2D eigenvalue weighted by molar-refractivity contribution is 5.97. The van der Waals surface area contributed by atoms with Crippen LogP contribution in [0.2, 0.25) is 0 Å². The van der Waals surface area contributed by atoms with E-state index < -0.39 is 0 Å². The number of furan rings is 1. The van der Waals surface area contributed by atoms with Gasteiger partial charge in [-0.25, -0.2) is 0 Å². The monoisotopic (exact) mass is 327 g/mol. The molecule has 2 amide bonds. The van der Waals surface area contributed by atoms with Gasteiger partial charge in [0.05, 0.1) is 12.8 Å². The number of carbonyl (C=O) groups excluding carboxylic acids is 2. The van der Waals surface area contributed by atoms with Crippen LogP contribution in [0.25, 0.3) is 0 Å². The molecule has 6 heteroatoms. The molecule has 2 heterocycles. The molecule has 1 saturated heterocycles. The van der Waals surface area contributed by atoms with Crippen molar-refractivity contribution >= 4 is 11.8 Å². The summed E-state index contributed by atoms with van der Waals surface area (Å²) < 4.78 is 5.18. The quantitative estimate of drug-likeness (QED) is 0.926. The van der Waals surface area contributed by atoms with Crippen molar-refractivity contribution < 1.29 is 14.0 Å². The Morgan fingerprint density at radius 1 is 1.04 bits per heavy atom. The molecule has 0 bridgehead atoms. The lowest BCUT2D eigenvalue weighted by Crippen LogP contribution is -2.47. The number of amides is 2. The third-order valence-corrected chi connectivity index (χ3v) is 4.19. The summed E-state index contributed by atoms with van der Waals surface area (Å²) in [5.74, 6) is 0.529. The number of benzene rings is 1. The molecule has 0 radical (unpaired) electrons. The SMILES string of the molecule is CN1CCN(C(=O)c2ccc(C(=O)NCc3ccco3)cc2)CC1. The topological polar surface area (TPSA) is 65.8 Å². The highest BCUT2D eigenvalue weighted by Crippen LogP contribution is 2.10. The van der Waals surface area contributed by atoms with Gasteiger partial charge >= 0.3 is 0 Å². The number of nitrogens with zero attached hydrogens (tertiary/aromatic N) is 2. The average molecular weight is 327 g/mol. The number of nitrogens with one attached hydrogen (secondary N) is 1. The number of rotatable bonds is 4. The average Bonchev–Trinajstić information content (AvgIpc) is 3.13. The normalized spacial score (nSPS) is 15.3. The molecule has 1 aliphatic rings. The Morgan fingerprint density at radius 3 is 2.33 bits per heavy atom. The van der Waals surface area contributed by atoms with Gasteiger partial charge in [-0.2, -0.15) is 0 Å². The van der Waals surface area contributed by atoms with Crippen LogP contribution in [0, 0.1) is 0 Å². The molecule has 1 N–H and O–H groups in total. The van der Waals surface area contributed by atoms with Crippen molar-refractivity contribution in [1.29, 1.82) is 0 Å². The molecule has 1 aromatic heterocycles. The second kappa shape index (κ2) is 7.31. The molecule has 0 spiro atoms. The molecule has 0 atom stereocenters. The summed E-state index contributed by atoms with van der Waals surface area (Å²) in [7, 11) is 2.05. The molecule has 24 heavy (non-hydrogen) atoms. The second-order valence-electron chi connectivity index (χ2n) is 5.93. The molecule has 2 aromatic rings. The van der Waals surface area contributed by atoms with Gasteiger partial charge in [0, 0.05) is 37.3 Å². The molecular formula is C18H21N3O3. The zero-order valence-electron chi connectivity index (χ0n) is 13.7. The van der Waals surface area contributed by atoms with Crippen molar-refractivity contribution in [1.82, 2.24) is 15.1 Å². The van der Waals surface area contributed by atoms with Gasteiger partial charge in [-0.1, -0.05) is 0 Å². The van der Waals surface area contributed by atoms with Gasteiger partial charge < -0.3 is 19.5 Å². The van der Waals surface area contributed by atoms with Crippen molar-refractivity contribution in [3.63, 3.8) is 0 Å². The highest BCUT2D eigenvalue weighted by atomic mass is 16.3. The van der Waals surface area contributed by atoms with Crippen LogP contribution in [0.3, 0.4) is 0 Å². The number of likely N-dealkylation sites (N-methyl/N-ethyl adjacent to an activating group) is 1. The van der Waals surface area contributed by atoms with E-state index >= 15 is 0 Å². The highest BCUT2D eigenvalue weighted by Gasteiger charge is 2.20. The largest absolute Gasteiger partial charge is 0.467 e. The zero-order chi connectivity index (χ0) is 16.9. The van der Waals surface area contributed by atoms with E-state index in [0.717, 1.165) is 26.2 Å². The first kappa shape index (κ1) is 16.3. The van der Waals surface area contributed by atoms with Gasteiger partial charge in [0.2, 0.25) is 0 Å². The maximum Gasteiger partial charge on any atom is 0.253 e. The predicted octanol–water partition coefficient (Wildman–Crippen LogP) is 1.60. The van der Waals surface area contributed by atoms with Crippen molar-refractivity contribution in [2.75, 3.05) is 33.2 Å². The molecule has 0 unspecified atom stereocenters. The predicted molar refractivity (Wildman–Crippen MR) is 89.7 cm³/mol. The standard InChI is InChI=1S/C18H21N3O3/c1-20-8-10-21(11-9-20)18(23)15-6-4-14(5-7-15)17(22)19-13-16-3-2-12-24-16/h2-7,12H,8-11,13H2,1H3,(H,19,22). The lowest BCUT2D eigenvalue weighted by molar-refractivity contribution is 0.0663. The van der Waals surface area contributed by atoms with E-state index in [9.17, 15) is 9.59 Å². The zero-order valence-corrected chi connectivity index (χ0v) is 13.7. The van der Waals surface area contributed by atoms with E-state index in [-0.39, 0.29) is 11.8 Å². The van der Waals surface area contributed by atoms with E-state index in [1.165, 1.54) is 0 Å². The summed E-state index contributed by atoms with van der Waals surface area (Å²) in [6.07, 6.45) is 1.57. The lowest BCUT2D eigenvalue weighted by Gasteiger charge is -2.32. The summed E-state index contributed by atoms with van der Waals surface area (Å²) in [4.78, 5) is 28.6. The van der Waals surface area contributed by atoms with Crippen LogP contribution in [0.1, 0.15) is 26.5 Å². The summed E-state index contributed by atoms with van der Waals surface area (Å²) in [6, 6.07) is 10.4. The molecule has 0 aliphatic carbocycles. The lowest BCUT2D eigenvalue weighted by atomic mass is 10.1. The molecule has 1 aliphatic heterocycles. The fourth-order valence-corrected chi connectivity index (χ4v) is 2.64. The van der Waals surface area contributed by atoms with Gasteiger partial charge in [-0.3, -0.25) is 9.59 Å². The van der Waals surface area contributed by atoms with E-state index in [0.29, 0.717) is 23.4 Å². The van der Waals surface area contributed by atoms with E-state index in [4.69, 9.17) is 4.42 Å². The van der Waals surface area contributed by atoms with Crippen LogP contribution < -0.4 is 5.32 Å². The molecule has 1 aromatic carbocycles. The summed E-state index contributed by atoms with van der Waals surface area (Å²) in [5, 5.41) is 2.78. The van der Waals surface area contributed by atoms with Crippen LogP contribution >= 0.6 is 0 Å². The first-order valence-corrected chi connectivity index (χ1v) is 8.02. The number of hydrogen-bond acceptors (Lipinski definition) is 4. The summed E-state index contributed by atoms with van der Waals surface area (Å²) in [5.41, 5.74) is 1.14. The Morgan fingerprint density at radius 2 is 1.71 bits per heavy atom. The molecule has 1 fully saturated rings. The minimum absolute atomic E-state index is 0.0191. The number of piperazine rings is 1. The van der Waals surface area contributed by atoms with E-state index in [1.54, 1.807) is 42.7 Å². The van der Waals surface area contributed by atoms with Gasteiger partial charge in [-0.15, -0.1) is 0 Å². The molecule has 126 valence electrons. The molecule has 0 saturated carbocycles. The minimum atomic E-state index is -0.190. The Labute approximate surface area is 141 Å². The van der Waals surface area contributed by atoms with Crippen LogP contribution in [-0.2, 0) is 6.54 Å². The smallest absolute Gasteiger partial charge is 0.253 e. The first-order valence-electron chi connectivity index (χ1n) is 8.02. The summed E-state index contributed by atoms with van der Waals surface area (Å²) in [6.45, 7) is 3.59. The first-order chi connectivity index (χ1) is 11.6. The van der Waals surface area contributed by atoms with Crippen molar-refractivity contribution in [2.24, 2.45) is 0 Å². The second-order valence-corrected chi connectivity index (χ2v) is 5.93. The Balaban J connectivity index is 1.58. The van der Waals surface area contributed by atoms with Gasteiger partial charge in [0.25, 0.3) is 11.8 Å². The Bertz CT molecular complexity index is 687. The van der Waals surface area contributed by atoms with Gasteiger partial charge in [0.1, 0.15) is 5.76 Å². The Kier molecular flexibility index (Phi) is 4.96. The van der Waals surface area contributed by atoms with Crippen LogP contribution in [0.4, 0.5) is 0 Å². The summed E-state index contributed by atoms with van der Waals surface area (Å²) >= 11 is 0. The van der Waals surface area contributed by atoms with E-state index in [1.807, 2.05) is 4.90 Å². The van der Waals surface area contributed by atoms with Crippen molar-refractivity contribution in [3.8, 4) is 0 Å². The maximum atomic E-state index is 12.5. The fourth-order valence-electron chi connectivity index (χ4n) is 2.64. The fraction of sp³-hybridized carbons (Fsp3) is 0.333. The molecular weight excluding hydrogens is 306 g/mol. The van der Waals surface area contributed by atoms with Crippen molar-refractivity contribution in [3.05, 3.63) is 59.5 Å². The van der Waals surface area contributed by atoms with E-state index in [2.05, 4.69) is 17.3 Å². The maximum absolute atomic E-state index is 12.5. The number of hydrogen-bond donors (Lipinski definition) is 1. The molecule has 6 nitrogen and oxygen atoms in total. The number of carbonyl (C=O) groups is 2.